The van der Waals surface area contributed by atoms with Crippen molar-refractivity contribution in [3.8, 4) is 11.4 Å². The number of nitrogens with one attached hydrogen (secondary N) is 1. The monoisotopic (exact) mass is 607 g/mol. The van der Waals surface area contributed by atoms with E-state index in [2.05, 4.69) is 162 Å². The van der Waals surface area contributed by atoms with E-state index in [1.54, 1.807) is 0 Å². The highest BCUT2D eigenvalue weighted by atomic mass is 15.0. The molecule has 47 heavy (non-hydrogen) atoms. The lowest BCUT2D eigenvalue weighted by atomic mass is 9.91. The average Bonchev–Trinajstić information content (AvgIpc) is 3.61. The molecule has 0 saturated heterocycles. The Balaban J connectivity index is 1.18. The van der Waals surface area contributed by atoms with Crippen molar-refractivity contribution in [3.05, 3.63) is 155 Å². The third-order valence-electron chi connectivity index (χ3n) is 10.1. The summed E-state index contributed by atoms with van der Waals surface area (Å²) in [7, 11) is 0. The van der Waals surface area contributed by atoms with Gasteiger partial charge in [-0.25, -0.2) is 0 Å². The SMILES string of the molecule is CC1=C(c2ccc(Nc3ccc4c5c(n(-c6ccc7c8ccccc8n(-c8ccccc8)c7c6)c4c3)C=CCC5)cc2C)C=CCC1. The maximum atomic E-state index is 3.75. The largest absolute Gasteiger partial charge is 0.355 e. The molecule has 228 valence electrons. The Morgan fingerprint density at radius 2 is 1.28 bits per heavy atom. The van der Waals surface area contributed by atoms with Crippen LogP contribution in [0.15, 0.2) is 133 Å². The summed E-state index contributed by atoms with van der Waals surface area (Å²) in [5.41, 5.74) is 16.4. The third-order valence-corrected chi connectivity index (χ3v) is 10.1. The van der Waals surface area contributed by atoms with Crippen molar-refractivity contribution in [2.45, 2.75) is 39.5 Å². The van der Waals surface area contributed by atoms with Crippen LogP contribution >= 0.6 is 0 Å². The second kappa shape index (κ2) is 11.1. The van der Waals surface area contributed by atoms with E-state index in [4.69, 9.17) is 0 Å². The van der Waals surface area contributed by atoms with Crippen LogP contribution in [0.5, 0.6) is 0 Å². The summed E-state index contributed by atoms with van der Waals surface area (Å²) in [4.78, 5) is 0. The van der Waals surface area contributed by atoms with Crippen molar-refractivity contribution >= 4 is 55.7 Å². The Hall–Kier alpha value is -5.54. The fourth-order valence-electron chi connectivity index (χ4n) is 7.85. The van der Waals surface area contributed by atoms with Gasteiger partial charge in [-0.1, -0.05) is 78.4 Å². The Kier molecular flexibility index (Phi) is 6.53. The first-order valence-electron chi connectivity index (χ1n) is 16.8. The molecular weight excluding hydrogens is 571 g/mol. The first-order valence-corrected chi connectivity index (χ1v) is 16.8. The molecule has 0 radical (unpaired) electrons. The molecule has 3 heteroatoms. The zero-order chi connectivity index (χ0) is 31.5. The molecule has 7 aromatic rings. The summed E-state index contributed by atoms with van der Waals surface area (Å²) in [5, 5.41) is 7.62. The molecule has 2 heterocycles. The molecule has 0 amide bonds. The molecule has 0 bridgehead atoms. The number of rotatable bonds is 5. The van der Waals surface area contributed by atoms with Gasteiger partial charge in [0.1, 0.15) is 0 Å². The second-order valence-corrected chi connectivity index (χ2v) is 13.1. The van der Waals surface area contributed by atoms with Gasteiger partial charge in [0.2, 0.25) is 0 Å². The van der Waals surface area contributed by atoms with Gasteiger partial charge in [0.05, 0.1) is 16.6 Å². The first-order chi connectivity index (χ1) is 23.1. The first kappa shape index (κ1) is 27.7. The van der Waals surface area contributed by atoms with Gasteiger partial charge in [-0.2, -0.15) is 0 Å². The minimum absolute atomic E-state index is 1.05. The van der Waals surface area contributed by atoms with E-state index in [1.165, 1.54) is 77.6 Å². The van der Waals surface area contributed by atoms with E-state index < -0.39 is 0 Å². The lowest BCUT2D eigenvalue weighted by molar-refractivity contribution is 0.967. The molecule has 0 fully saturated rings. The number of allylic oxidation sites excluding steroid dienone is 5. The Bertz CT molecular complexity index is 2450. The summed E-state index contributed by atoms with van der Waals surface area (Å²) < 4.78 is 4.87. The van der Waals surface area contributed by atoms with Crippen LogP contribution in [-0.4, -0.2) is 9.13 Å². The fourth-order valence-corrected chi connectivity index (χ4v) is 7.85. The molecule has 0 unspecified atom stereocenters. The van der Waals surface area contributed by atoms with Gasteiger partial charge in [-0.3, -0.25) is 0 Å². The fraction of sp³-hybridized carbons (Fsp3) is 0.136. The normalized spacial score (nSPS) is 14.4. The minimum atomic E-state index is 1.05. The molecule has 0 spiro atoms. The lowest BCUT2D eigenvalue weighted by Gasteiger charge is -2.16. The molecule has 9 rings (SSSR count). The smallest absolute Gasteiger partial charge is 0.0561 e. The van der Waals surface area contributed by atoms with E-state index >= 15 is 0 Å². The quantitative estimate of drug-likeness (QED) is 0.207. The summed E-state index contributed by atoms with van der Waals surface area (Å²) in [6, 6.07) is 40.1. The topological polar surface area (TPSA) is 21.9 Å². The number of anilines is 2. The van der Waals surface area contributed by atoms with Crippen molar-refractivity contribution in [1.82, 2.24) is 9.13 Å². The van der Waals surface area contributed by atoms with Crippen LogP contribution in [0.1, 0.15) is 48.6 Å². The number of aryl methyl sites for hydroxylation is 2. The van der Waals surface area contributed by atoms with Crippen LogP contribution < -0.4 is 5.32 Å². The highest BCUT2D eigenvalue weighted by molar-refractivity contribution is 6.10. The number of fused-ring (bicyclic) bond motifs is 6. The van der Waals surface area contributed by atoms with Gasteiger partial charge in [0.25, 0.3) is 0 Å². The Morgan fingerprint density at radius 3 is 2.15 bits per heavy atom. The van der Waals surface area contributed by atoms with Crippen LogP contribution in [0.2, 0.25) is 0 Å². The Morgan fingerprint density at radius 1 is 0.553 bits per heavy atom. The van der Waals surface area contributed by atoms with Crippen LogP contribution in [0.25, 0.3) is 55.7 Å². The van der Waals surface area contributed by atoms with Gasteiger partial charge < -0.3 is 14.5 Å². The van der Waals surface area contributed by atoms with Gasteiger partial charge in [0, 0.05) is 44.6 Å². The third kappa shape index (κ3) is 4.57. The maximum Gasteiger partial charge on any atom is 0.0561 e. The van der Waals surface area contributed by atoms with E-state index in [1.807, 2.05) is 0 Å². The maximum absolute atomic E-state index is 3.75. The van der Waals surface area contributed by atoms with E-state index in [0.717, 1.165) is 37.1 Å². The summed E-state index contributed by atoms with van der Waals surface area (Å²) in [6.07, 6.45) is 13.6. The molecule has 5 aromatic carbocycles. The number of para-hydroxylation sites is 2. The number of benzene rings is 5. The number of nitrogens with zero attached hydrogens (tertiary/aromatic N) is 2. The number of hydrogen-bond donors (Lipinski definition) is 1. The van der Waals surface area contributed by atoms with Crippen LogP contribution in [0.3, 0.4) is 0 Å². The highest BCUT2D eigenvalue weighted by Gasteiger charge is 2.21. The summed E-state index contributed by atoms with van der Waals surface area (Å²) >= 11 is 0. The summed E-state index contributed by atoms with van der Waals surface area (Å²) in [5.74, 6) is 0. The van der Waals surface area contributed by atoms with E-state index in [9.17, 15) is 0 Å². The molecule has 1 N–H and O–H groups in total. The van der Waals surface area contributed by atoms with Crippen LogP contribution in [0, 0.1) is 6.92 Å². The van der Waals surface area contributed by atoms with Gasteiger partial charge >= 0.3 is 0 Å². The number of hydrogen-bond acceptors (Lipinski definition) is 1. The zero-order valence-electron chi connectivity index (χ0n) is 26.9. The van der Waals surface area contributed by atoms with Crippen molar-refractivity contribution in [2.75, 3.05) is 5.32 Å². The molecule has 2 aliphatic carbocycles. The Labute approximate surface area is 275 Å². The predicted molar refractivity (Wildman–Crippen MR) is 200 cm³/mol. The van der Waals surface area contributed by atoms with Crippen molar-refractivity contribution < 1.29 is 0 Å². The lowest BCUT2D eigenvalue weighted by Crippen LogP contribution is -2.01. The van der Waals surface area contributed by atoms with Crippen LogP contribution in [0.4, 0.5) is 11.4 Å². The van der Waals surface area contributed by atoms with Gasteiger partial charge in [0.15, 0.2) is 0 Å². The predicted octanol–water partition coefficient (Wildman–Crippen LogP) is 11.9. The molecule has 2 aromatic heterocycles. The van der Waals surface area contributed by atoms with Crippen molar-refractivity contribution in [2.24, 2.45) is 0 Å². The van der Waals surface area contributed by atoms with Gasteiger partial charge in [-0.05, 0) is 122 Å². The van der Waals surface area contributed by atoms with Crippen molar-refractivity contribution in [3.63, 3.8) is 0 Å². The van der Waals surface area contributed by atoms with Crippen molar-refractivity contribution in [1.29, 1.82) is 0 Å². The molecule has 0 atom stereocenters. The standard InChI is InChI=1S/C44H37N3/c1-29-12-6-7-15-35(29)36-23-20-31(26-30(36)2)45-32-21-24-39-37-16-9-11-19-42(37)47(43(39)27-32)34-22-25-40-38-17-8-10-18-41(38)46(44(40)28-34)33-13-4-3-5-14-33/h3-5,7-8,10-11,13-15,17-28,45H,6,9,12,16H2,1-2H3. The highest BCUT2D eigenvalue weighted by Crippen LogP contribution is 2.39. The molecular formula is C44H37N3. The van der Waals surface area contributed by atoms with Gasteiger partial charge in [-0.15, -0.1) is 0 Å². The molecule has 0 aliphatic heterocycles. The van der Waals surface area contributed by atoms with E-state index in [-0.39, 0.29) is 0 Å². The average molecular weight is 608 g/mol. The number of aromatic nitrogens is 2. The van der Waals surface area contributed by atoms with Crippen LogP contribution in [-0.2, 0) is 6.42 Å². The minimum Gasteiger partial charge on any atom is -0.355 e. The molecule has 2 aliphatic rings. The summed E-state index contributed by atoms with van der Waals surface area (Å²) in [6.45, 7) is 4.49. The second-order valence-electron chi connectivity index (χ2n) is 13.1. The molecule has 0 saturated carbocycles. The zero-order valence-corrected chi connectivity index (χ0v) is 26.9. The van der Waals surface area contributed by atoms with E-state index in [0.29, 0.717) is 0 Å². The molecule has 3 nitrogen and oxygen atoms in total.